The zero-order valence-electron chi connectivity index (χ0n) is 78.8. The molecule has 700 valence electrons. The molecule has 18 nitrogen and oxygen atoms in total. The standard InChI is InChI=1S/C60H65N3O6S.C55H61N3O6S/c1-3-59(38-68-39-59)36-66-30-16-6-14-28-64-34-42-24-26-51-48(32-42)53-54-49-33-43(35-65-29-15-7-17-31-67-37-60(4-2)40-69-41-60)25-27-52(49)70-57(54)46-21-11-10-20-45(46)56(53)63(51)58-61-50-23-13-12-22-47(50)55(62-58)44-18-8-5-9-19-44;1-3-55(37-64-38-55)36-62-26-14-6-12-23-59-31-39-19-21-48-43(27-39)44-30-51-46(29-49(44)58(48)53-56-47-18-10-9-17-42(47)52(57-53)41-15-7-4-8-16-41)45-28-40(20-22-50(45)65-51)32-60-24-11-5-13-25-61-33-54(2)34-63-35-54/h5,8-13,18-27,32-33H,3-4,6-7,14-17,28-31,34-41H2,1-2H3;4,7-10,15-22,27-30H,3,5-6,11-14,23-26,31-38H2,1-2H3. The van der Waals surface area contributed by atoms with Gasteiger partial charge in [-0.05, 0) is 191 Å². The second kappa shape index (κ2) is 42.9. The average molecular weight is 1850 g/mol. The van der Waals surface area contributed by atoms with Gasteiger partial charge in [0, 0.05) is 169 Å². The van der Waals surface area contributed by atoms with Gasteiger partial charge in [0.25, 0.3) is 0 Å². The van der Waals surface area contributed by atoms with Crippen LogP contribution in [0.5, 0.6) is 0 Å². The van der Waals surface area contributed by atoms with Crippen molar-refractivity contribution in [2.75, 3.05) is 132 Å². The van der Waals surface area contributed by atoms with Crippen LogP contribution in [-0.2, 0) is 83.3 Å². The average Bonchev–Trinajstić information content (AvgIpc) is 1.55. The Morgan fingerprint density at radius 3 is 1.13 bits per heavy atom. The van der Waals surface area contributed by atoms with Crippen molar-refractivity contribution in [2.24, 2.45) is 21.7 Å². The maximum absolute atomic E-state index is 6.41. The highest BCUT2D eigenvalue weighted by Crippen LogP contribution is 2.50. The fraction of sp³-hybridized carbons (Fsp3) is 0.409. The summed E-state index contributed by atoms with van der Waals surface area (Å²) in [6.45, 7) is 27.0. The third kappa shape index (κ3) is 20.5. The molecule has 4 fully saturated rings. The summed E-state index contributed by atoms with van der Waals surface area (Å²) in [6.07, 6.45) is 15.9. The van der Waals surface area contributed by atoms with Crippen LogP contribution in [0, 0.1) is 21.7 Å². The number of hydrogen-bond donors (Lipinski definition) is 0. The molecule has 10 heterocycles. The molecular formula is C115H126N6O12S2. The van der Waals surface area contributed by atoms with Crippen molar-refractivity contribution in [3.63, 3.8) is 0 Å². The Morgan fingerprint density at radius 2 is 0.674 bits per heavy atom. The fourth-order valence-electron chi connectivity index (χ4n) is 19.6. The molecule has 0 spiro atoms. The summed E-state index contributed by atoms with van der Waals surface area (Å²) in [5.74, 6) is 1.31. The van der Waals surface area contributed by atoms with Gasteiger partial charge < -0.3 is 56.8 Å². The number of unbranched alkanes of at least 4 members (excludes halogenated alkanes) is 8. The lowest BCUT2D eigenvalue weighted by Crippen LogP contribution is -2.45. The largest absolute Gasteiger partial charge is 0.381 e. The second-order valence-electron chi connectivity index (χ2n) is 38.6. The summed E-state index contributed by atoms with van der Waals surface area (Å²) in [5, 5.41) is 14.2. The molecule has 0 bridgehead atoms. The SMILES string of the molecule is CCC1(COCCCCCOCc2ccc3c(c2)c2cc4sc5ccc(COCCCCCOCC6(C)COC6)cc5c4cc2n3-c2nc(-c3ccccc3)c3ccccc3n2)COC1.CCC1(COCCCCCOCc2ccc3sc4c5ccccc5c5c(c6cc(COCCCCCOCC7(CC)COC7)ccc6n5-c5nc(-c6ccccc6)c6ccccc6n5)c4c3c2)COC1. The molecule has 0 aliphatic carbocycles. The van der Waals surface area contributed by atoms with E-state index in [4.69, 9.17) is 76.8 Å². The lowest BCUT2D eigenvalue weighted by Gasteiger charge is -2.40. The van der Waals surface area contributed by atoms with E-state index in [1.54, 1.807) is 0 Å². The van der Waals surface area contributed by atoms with Crippen molar-refractivity contribution >= 4 is 139 Å². The Morgan fingerprint density at radius 1 is 0.296 bits per heavy atom. The van der Waals surface area contributed by atoms with E-state index in [1.807, 2.05) is 28.7 Å². The van der Waals surface area contributed by atoms with E-state index in [-0.39, 0.29) is 21.7 Å². The first kappa shape index (κ1) is 92.6. The Hall–Kier alpha value is -10.1. The van der Waals surface area contributed by atoms with Crippen LogP contribution in [0.3, 0.4) is 0 Å². The van der Waals surface area contributed by atoms with Crippen LogP contribution in [0.25, 0.3) is 151 Å². The molecule has 0 unspecified atom stereocenters. The van der Waals surface area contributed by atoms with Crippen molar-refractivity contribution in [2.45, 2.75) is 150 Å². The first-order valence-electron chi connectivity index (χ1n) is 49.4. The molecule has 0 atom stereocenters. The van der Waals surface area contributed by atoms with Crippen molar-refractivity contribution in [1.82, 2.24) is 29.1 Å². The number of benzene rings is 11. The van der Waals surface area contributed by atoms with Crippen molar-refractivity contribution in [3.8, 4) is 34.4 Å². The number of hydrogen-bond acceptors (Lipinski definition) is 18. The molecule has 4 saturated heterocycles. The molecule has 21 rings (SSSR count). The first-order chi connectivity index (χ1) is 66.5. The topological polar surface area (TPSA) is 172 Å². The summed E-state index contributed by atoms with van der Waals surface area (Å²) in [4.78, 5) is 21.5. The predicted molar refractivity (Wildman–Crippen MR) is 549 cm³/mol. The highest BCUT2D eigenvalue weighted by atomic mass is 32.1. The number of thiophene rings is 2. The van der Waals surface area contributed by atoms with Crippen LogP contribution in [0.15, 0.2) is 218 Å². The molecule has 0 saturated carbocycles. The van der Waals surface area contributed by atoms with Crippen LogP contribution >= 0.6 is 22.7 Å². The van der Waals surface area contributed by atoms with Gasteiger partial charge in [-0.2, -0.15) is 0 Å². The summed E-state index contributed by atoms with van der Waals surface area (Å²) < 4.78 is 80.7. The van der Waals surface area contributed by atoms with Gasteiger partial charge in [-0.25, -0.2) is 19.9 Å². The molecular weight excluding hydrogens is 1720 g/mol. The lowest BCUT2D eigenvalue weighted by molar-refractivity contribution is -0.150. The zero-order valence-corrected chi connectivity index (χ0v) is 80.4. The number of rotatable bonds is 47. The van der Waals surface area contributed by atoms with Crippen LogP contribution < -0.4 is 0 Å². The number of fused-ring (bicyclic) bond motifs is 18. The fourth-order valence-corrected chi connectivity index (χ4v) is 21.9. The van der Waals surface area contributed by atoms with E-state index in [9.17, 15) is 0 Å². The molecule has 17 aromatic rings. The molecule has 0 N–H and O–H groups in total. The highest BCUT2D eigenvalue weighted by molar-refractivity contribution is 7.27. The molecule has 20 heteroatoms. The number of para-hydroxylation sites is 2. The molecule has 4 aliphatic rings. The van der Waals surface area contributed by atoms with Gasteiger partial charge in [-0.15, -0.1) is 22.7 Å². The smallest absolute Gasteiger partial charge is 0.235 e. The Kier molecular flexibility index (Phi) is 29.4. The van der Waals surface area contributed by atoms with Gasteiger partial charge >= 0.3 is 0 Å². The highest BCUT2D eigenvalue weighted by Gasteiger charge is 2.40. The van der Waals surface area contributed by atoms with E-state index in [1.165, 1.54) is 83.8 Å². The third-order valence-electron chi connectivity index (χ3n) is 28.3. The summed E-state index contributed by atoms with van der Waals surface area (Å²) in [7, 11) is 0. The van der Waals surface area contributed by atoms with Crippen molar-refractivity contribution in [1.29, 1.82) is 0 Å². The zero-order chi connectivity index (χ0) is 91.4. The summed E-state index contributed by atoms with van der Waals surface area (Å²) in [6, 6.07) is 78.5. The van der Waals surface area contributed by atoms with E-state index in [2.05, 4.69) is 249 Å². The summed E-state index contributed by atoms with van der Waals surface area (Å²) in [5.41, 5.74) is 15.7. The van der Waals surface area contributed by atoms with E-state index < -0.39 is 0 Å². The normalized spacial score (nSPS) is 15.6. The van der Waals surface area contributed by atoms with Crippen LogP contribution in [0.1, 0.15) is 146 Å². The van der Waals surface area contributed by atoms with Crippen molar-refractivity contribution < 1.29 is 56.8 Å². The Balaban J connectivity index is 0.000000168. The Bertz CT molecular complexity index is 6940. The van der Waals surface area contributed by atoms with E-state index in [0.29, 0.717) is 44.9 Å². The molecule has 4 aliphatic heterocycles. The predicted octanol–water partition coefficient (Wildman–Crippen LogP) is 26.8. The molecule has 135 heavy (non-hydrogen) atoms. The minimum atomic E-state index is 0.210. The molecule has 0 amide bonds. The van der Waals surface area contributed by atoms with Crippen LogP contribution in [0.2, 0.25) is 0 Å². The van der Waals surface area contributed by atoms with Crippen LogP contribution in [0.4, 0.5) is 0 Å². The minimum absolute atomic E-state index is 0.210. The molecule has 11 aromatic carbocycles. The summed E-state index contributed by atoms with van der Waals surface area (Å²) >= 11 is 3.72. The van der Waals surface area contributed by atoms with Gasteiger partial charge in [0.15, 0.2) is 0 Å². The maximum Gasteiger partial charge on any atom is 0.235 e. The Labute approximate surface area is 799 Å². The first-order valence-corrected chi connectivity index (χ1v) is 51.0. The molecule has 6 aromatic heterocycles. The van der Waals surface area contributed by atoms with Gasteiger partial charge in [0.05, 0.1) is 150 Å². The number of aromatic nitrogens is 6. The van der Waals surface area contributed by atoms with E-state index in [0.717, 1.165) is 299 Å². The molecule has 0 radical (unpaired) electrons. The van der Waals surface area contributed by atoms with Gasteiger partial charge in [0.2, 0.25) is 11.9 Å². The van der Waals surface area contributed by atoms with E-state index >= 15 is 0 Å². The quantitative estimate of drug-likeness (QED) is 0.0329. The lowest BCUT2D eigenvalue weighted by atomic mass is 9.84. The number of nitrogens with zero attached hydrogens (tertiary/aromatic N) is 6. The van der Waals surface area contributed by atoms with Gasteiger partial charge in [0.1, 0.15) is 0 Å². The monoisotopic (exact) mass is 1850 g/mol. The van der Waals surface area contributed by atoms with Gasteiger partial charge in [-0.3, -0.25) is 9.13 Å². The number of ether oxygens (including phenoxy) is 12. The van der Waals surface area contributed by atoms with Crippen LogP contribution in [-0.4, -0.2) is 161 Å². The second-order valence-corrected chi connectivity index (χ2v) is 40.7. The third-order valence-corrected chi connectivity index (χ3v) is 30.6. The van der Waals surface area contributed by atoms with Crippen molar-refractivity contribution in [3.05, 3.63) is 241 Å². The maximum atomic E-state index is 6.41. The minimum Gasteiger partial charge on any atom is -0.381 e. The van der Waals surface area contributed by atoms with Gasteiger partial charge in [-0.1, -0.05) is 173 Å².